The lowest BCUT2D eigenvalue weighted by Crippen LogP contribution is -2.10. The quantitative estimate of drug-likeness (QED) is 0.812. The highest BCUT2D eigenvalue weighted by Crippen LogP contribution is 2.20. The predicted octanol–water partition coefficient (Wildman–Crippen LogP) is 2.45. The van der Waals surface area contributed by atoms with Crippen LogP contribution in [-0.2, 0) is 10.5 Å². The topological polar surface area (TPSA) is 69.1 Å². The van der Waals surface area contributed by atoms with Crippen molar-refractivity contribution in [2.24, 2.45) is 5.73 Å². The minimum atomic E-state index is -0.271. The highest BCUT2D eigenvalue weighted by atomic mass is 32.2. The van der Waals surface area contributed by atoms with Crippen LogP contribution in [0.15, 0.2) is 41.0 Å². The Morgan fingerprint density at radius 3 is 2.83 bits per heavy atom. The van der Waals surface area contributed by atoms with E-state index in [2.05, 4.69) is 4.98 Å². The first-order chi connectivity index (χ1) is 8.75. The predicted molar refractivity (Wildman–Crippen MR) is 71.9 cm³/mol. The maximum Gasteiger partial charge on any atom is 0.226 e. The first-order valence-electron chi connectivity index (χ1n) is 5.61. The number of thioether (sulfide) groups is 1. The molecule has 1 aromatic heterocycles. The Bertz CT molecular complexity index is 511. The Morgan fingerprint density at radius 1 is 1.33 bits per heavy atom. The lowest BCUT2D eigenvalue weighted by Gasteiger charge is -1.95. The zero-order valence-corrected chi connectivity index (χ0v) is 10.7. The van der Waals surface area contributed by atoms with Gasteiger partial charge in [0.15, 0.2) is 0 Å². The molecule has 0 bridgehead atoms. The summed E-state index contributed by atoms with van der Waals surface area (Å²) in [5.41, 5.74) is 6.91. The summed E-state index contributed by atoms with van der Waals surface area (Å²) >= 11 is 1.62. The van der Waals surface area contributed by atoms with Gasteiger partial charge in [-0.1, -0.05) is 18.2 Å². The van der Waals surface area contributed by atoms with Crippen LogP contribution in [-0.4, -0.2) is 16.6 Å². The van der Waals surface area contributed by atoms with E-state index in [0.29, 0.717) is 18.1 Å². The number of hydrogen-bond donors (Lipinski definition) is 1. The van der Waals surface area contributed by atoms with Crippen LogP contribution in [0.2, 0.25) is 0 Å². The number of aromatic nitrogens is 1. The molecule has 1 heterocycles. The minimum Gasteiger partial charge on any atom is -0.444 e. The molecular formula is C13H14N2O2S. The zero-order chi connectivity index (χ0) is 12.8. The molecule has 2 rings (SSSR count). The van der Waals surface area contributed by atoms with Gasteiger partial charge in [-0.25, -0.2) is 4.98 Å². The van der Waals surface area contributed by atoms with Crippen LogP contribution in [0.5, 0.6) is 0 Å². The fraction of sp³-hybridized carbons (Fsp3) is 0.231. The van der Waals surface area contributed by atoms with Gasteiger partial charge >= 0.3 is 0 Å². The maximum atomic E-state index is 10.6. The molecule has 5 heteroatoms. The number of carbonyl (C=O) groups is 1. The van der Waals surface area contributed by atoms with Gasteiger partial charge in [-0.05, 0) is 12.1 Å². The molecule has 2 aromatic rings. The first kappa shape index (κ1) is 12.7. The Labute approximate surface area is 110 Å². The van der Waals surface area contributed by atoms with Crippen molar-refractivity contribution in [3.05, 3.63) is 42.3 Å². The summed E-state index contributed by atoms with van der Waals surface area (Å²) in [6.07, 6.45) is 2.05. The number of oxazole rings is 1. The lowest BCUT2D eigenvalue weighted by atomic mass is 10.2. The van der Waals surface area contributed by atoms with Crippen molar-refractivity contribution in [2.45, 2.75) is 12.2 Å². The van der Waals surface area contributed by atoms with Crippen molar-refractivity contribution < 1.29 is 9.21 Å². The molecule has 0 fully saturated rings. The molecule has 2 N–H and O–H groups in total. The van der Waals surface area contributed by atoms with Crippen LogP contribution < -0.4 is 5.73 Å². The van der Waals surface area contributed by atoms with Crippen molar-refractivity contribution in [1.82, 2.24) is 4.98 Å². The molecule has 0 aliphatic rings. The number of benzene rings is 1. The Morgan fingerprint density at radius 2 is 2.11 bits per heavy atom. The average molecular weight is 262 g/mol. The van der Waals surface area contributed by atoms with Gasteiger partial charge in [-0.2, -0.15) is 11.8 Å². The second kappa shape index (κ2) is 6.26. The third-order valence-electron chi connectivity index (χ3n) is 2.32. The number of nitrogens with two attached hydrogens (primary N) is 1. The van der Waals surface area contributed by atoms with Crippen LogP contribution in [0.1, 0.15) is 12.1 Å². The Balaban J connectivity index is 1.89. The van der Waals surface area contributed by atoms with Crippen LogP contribution in [0.4, 0.5) is 0 Å². The maximum absolute atomic E-state index is 10.6. The minimum absolute atomic E-state index is 0.271. The van der Waals surface area contributed by atoms with E-state index >= 15 is 0 Å². The molecule has 0 saturated heterocycles. The first-order valence-corrected chi connectivity index (χ1v) is 6.77. The summed E-state index contributed by atoms with van der Waals surface area (Å²) in [5, 5.41) is 0. The molecule has 0 aliphatic carbocycles. The Kier molecular flexibility index (Phi) is 4.41. The van der Waals surface area contributed by atoms with E-state index in [9.17, 15) is 4.79 Å². The summed E-state index contributed by atoms with van der Waals surface area (Å²) < 4.78 is 5.41. The zero-order valence-electron chi connectivity index (χ0n) is 9.83. The van der Waals surface area contributed by atoms with E-state index in [4.69, 9.17) is 10.2 Å². The summed E-state index contributed by atoms with van der Waals surface area (Å²) in [4.78, 5) is 15.0. The fourth-order valence-electron chi connectivity index (χ4n) is 1.44. The molecule has 0 atom stereocenters. The van der Waals surface area contributed by atoms with Crippen molar-refractivity contribution in [3.63, 3.8) is 0 Å². The molecule has 94 valence electrons. The second-order valence-electron chi connectivity index (χ2n) is 3.78. The van der Waals surface area contributed by atoms with Crippen molar-refractivity contribution in [3.8, 4) is 11.5 Å². The van der Waals surface area contributed by atoms with Crippen molar-refractivity contribution in [2.75, 3.05) is 5.75 Å². The second-order valence-corrected chi connectivity index (χ2v) is 4.88. The lowest BCUT2D eigenvalue weighted by molar-refractivity contribution is -0.117. The summed E-state index contributed by atoms with van der Waals surface area (Å²) in [5.74, 6) is 1.79. The van der Waals surface area contributed by atoms with Crippen LogP contribution in [0, 0.1) is 0 Å². The smallest absolute Gasteiger partial charge is 0.226 e. The molecule has 1 amide bonds. The van der Waals surface area contributed by atoms with E-state index in [1.807, 2.05) is 30.3 Å². The molecule has 1 aromatic carbocycles. The SMILES string of the molecule is NC(=O)CCSCc1coc(-c2ccccc2)n1. The number of nitrogens with zero attached hydrogens (tertiary/aromatic N) is 1. The molecule has 0 spiro atoms. The molecule has 0 saturated carbocycles. The third kappa shape index (κ3) is 3.63. The summed E-state index contributed by atoms with van der Waals surface area (Å²) in [7, 11) is 0. The summed E-state index contributed by atoms with van der Waals surface area (Å²) in [6, 6.07) is 9.75. The number of carbonyl (C=O) groups excluding carboxylic acids is 1. The van der Waals surface area contributed by atoms with Crippen LogP contribution >= 0.6 is 11.8 Å². The Hall–Kier alpha value is -1.75. The van der Waals surface area contributed by atoms with E-state index < -0.39 is 0 Å². The third-order valence-corrected chi connectivity index (χ3v) is 3.31. The monoisotopic (exact) mass is 262 g/mol. The van der Waals surface area contributed by atoms with Gasteiger partial charge in [0.05, 0.1) is 5.69 Å². The molecule has 0 unspecified atom stereocenters. The molecule has 0 aliphatic heterocycles. The molecule has 0 radical (unpaired) electrons. The van der Waals surface area contributed by atoms with Crippen molar-refractivity contribution in [1.29, 1.82) is 0 Å². The fourth-order valence-corrected chi connectivity index (χ4v) is 2.27. The standard InChI is InChI=1S/C13H14N2O2S/c14-12(16)6-7-18-9-11-8-17-13(15-11)10-4-2-1-3-5-10/h1-5,8H,6-7,9H2,(H2,14,16). The average Bonchev–Trinajstić information content (AvgIpc) is 2.84. The molecule has 4 nitrogen and oxygen atoms in total. The largest absolute Gasteiger partial charge is 0.444 e. The highest BCUT2D eigenvalue weighted by molar-refractivity contribution is 7.98. The van der Waals surface area contributed by atoms with Crippen LogP contribution in [0.3, 0.4) is 0 Å². The summed E-state index contributed by atoms with van der Waals surface area (Å²) in [6.45, 7) is 0. The van der Waals surface area contributed by atoms with Gasteiger partial charge in [0.1, 0.15) is 6.26 Å². The van der Waals surface area contributed by atoms with Gasteiger partial charge in [-0.3, -0.25) is 4.79 Å². The normalized spacial score (nSPS) is 10.4. The van der Waals surface area contributed by atoms with Gasteiger partial charge in [-0.15, -0.1) is 0 Å². The van der Waals surface area contributed by atoms with Gasteiger partial charge < -0.3 is 10.2 Å². The van der Waals surface area contributed by atoms with Gasteiger partial charge in [0.2, 0.25) is 11.8 Å². The van der Waals surface area contributed by atoms with E-state index in [1.54, 1.807) is 18.0 Å². The number of amides is 1. The highest BCUT2D eigenvalue weighted by Gasteiger charge is 2.06. The van der Waals surface area contributed by atoms with Gasteiger partial charge in [0, 0.05) is 23.5 Å². The van der Waals surface area contributed by atoms with E-state index in [0.717, 1.165) is 17.0 Å². The van der Waals surface area contributed by atoms with Gasteiger partial charge in [0.25, 0.3) is 0 Å². The molecular weight excluding hydrogens is 248 g/mol. The van der Waals surface area contributed by atoms with E-state index in [1.165, 1.54) is 0 Å². The number of hydrogen-bond acceptors (Lipinski definition) is 4. The van der Waals surface area contributed by atoms with Crippen molar-refractivity contribution >= 4 is 17.7 Å². The number of rotatable bonds is 6. The number of primary amides is 1. The van der Waals surface area contributed by atoms with Crippen LogP contribution in [0.25, 0.3) is 11.5 Å². The van der Waals surface area contributed by atoms with E-state index in [-0.39, 0.29) is 5.91 Å². The molecule has 18 heavy (non-hydrogen) atoms.